The molecule has 0 aliphatic carbocycles. The molecule has 0 atom stereocenters. The second-order valence-corrected chi connectivity index (χ2v) is 3.86. The van der Waals surface area contributed by atoms with E-state index in [9.17, 15) is 4.79 Å². The summed E-state index contributed by atoms with van der Waals surface area (Å²) in [5, 5.41) is 0. The van der Waals surface area contributed by atoms with E-state index in [2.05, 4.69) is 12.1 Å². The van der Waals surface area contributed by atoms with Gasteiger partial charge in [-0.15, -0.1) is 0 Å². The predicted octanol–water partition coefficient (Wildman–Crippen LogP) is 2.26. The number of hydrogen-bond donors (Lipinski definition) is 0. The Balaban J connectivity index is 2.16. The van der Waals surface area contributed by atoms with Crippen molar-refractivity contribution >= 4 is 18.0 Å². The lowest BCUT2D eigenvalue weighted by Crippen LogP contribution is -1.88. The Morgan fingerprint density at radius 2 is 2.46 bits per heavy atom. The molecule has 0 saturated carbocycles. The van der Waals surface area contributed by atoms with Crippen LogP contribution in [0.5, 0.6) is 5.75 Å². The van der Waals surface area contributed by atoms with Gasteiger partial charge in [-0.2, -0.15) is 0 Å². The number of ether oxygens (including phenoxy) is 1. The molecule has 1 heterocycles. The Morgan fingerprint density at radius 3 is 3.31 bits per heavy atom. The maximum absolute atomic E-state index is 10.2. The summed E-state index contributed by atoms with van der Waals surface area (Å²) in [5.41, 5.74) is 1.17. The molecule has 1 aliphatic heterocycles. The zero-order chi connectivity index (χ0) is 9.10. The first-order chi connectivity index (χ1) is 6.40. The summed E-state index contributed by atoms with van der Waals surface area (Å²) in [6.07, 6.45) is 2.35. The van der Waals surface area contributed by atoms with Crippen molar-refractivity contribution in [2.24, 2.45) is 0 Å². The molecule has 1 aromatic rings. The Labute approximate surface area is 81.3 Å². The van der Waals surface area contributed by atoms with Crippen molar-refractivity contribution in [2.75, 3.05) is 5.94 Å². The van der Waals surface area contributed by atoms with Gasteiger partial charge in [0.1, 0.15) is 18.0 Å². The summed E-state index contributed by atoms with van der Waals surface area (Å²) >= 11 is 1.71. The Morgan fingerprint density at radius 1 is 1.54 bits per heavy atom. The Bertz CT molecular complexity index is 323. The monoisotopic (exact) mass is 194 g/mol. The highest BCUT2D eigenvalue weighted by Gasteiger charge is 2.12. The molecule has 0 radical (unpaired) electrons. The van der Waals surface area contributed by atoms with Gasteiger partial charge in [-0.3, -0.25) is 0 Å². The van der Waals surface area contributed by atoms with Crippen molar-refractivity contribution in [1.29, 1.82) is 0 Å². The molecule has 0 amide bonds. The summed E-state index contributed by atoms with van der Waals surface area (Å²) < 4.78 is 5.39. The number of aldehydes is 1. The number of hydrogen-bond acceptors (Lipinski definition) is 3. The lowest BCUT2D eigenvalue weighted by molar-refractivity contribution is -0.107. The smallest absolute Gasteiger partial charge is 0.138 e. The highest BCUT2D eigenvalue weighted by molar-refractivity contribution is 7.99. The molecular weight excluding hydrogens is 184 g/mol. The first kappa shape index (κ1) is 8.63. The van der Waals surface area contributed by atoms with Crippen molar-refractivity contribution in [2.45, 2.75) is 17.7 Å². The molecule has 0 saturated heterocycles. The van der Waals surface area contributed by atoms with Crippen molar-refractivity contribution in [3.05, 3.63) is 23.8 Å². The van der Waals surface area contributed by atoms with E-state index in [4.69, 9.17) is 4.74 Å². The van der Waals surface area contributed by atoms with Gasteiger partial charge < -0.3 is 9.53 Å². The van der Waals surface area contributed by atoms with Gasteiger partial charge in [0, 0.05) is 6.42 Å². The summed E-state index contributed by atoms with van der Waals surface area (Å²) in [5.74, 6) is 1.68. The maximum Gasteiger partial charge on any atom is 0.138 e. The van der Waals surface area contributed by atoms with E-state index in [0.29, 0.717) is 12.4 Å². The summed E-state index contributed by atoms with van der Waals surface area (Å²) in [6, 6.07) is 6.15. The molecule has 0 aromatic heterocycles. The van der Waals surface area contributed by atoms with E-state index < -0.39 is 0 Å². The van der Waals surface area contributed by atoms with Crippen molar-refractivity contribution < 1.29 is 9.53 Å². The number of fused-ring (bicyclic) bond motifs is 1. The van der Waals surface area contributed by atoms with E-state index in [1.54, 1.807) is 11.8 Å². The molecule has 0 N–H and O–H groups in total. The summed E-state index contributed by atoms with van der Waals surface area (Å²) in [7, 11) is 0. The highest BCUT2D eigenvalue weighted by atomic mass is 32.2. The fourth-order valence-corrected chi connectivity index (χ4v) is 2.06. The van der Waals surface area contributed by atoms with E-state index >= 15 is 0 Å². The van der Waals surface area contributed by atoms with Crippen LogP contribution in [0.25, 0.3) is 0 Å². The van der Waals surface area contributed by atoms with Gasteiger partial charge in [-0.1, -0.05) is 17.8 Å². The number of aryl methyl sites for hydroxylation is 1. The first-order valence-corrected chi connectivity index (χ1v) is 5.21. The highest BCUT2D eigenvalue weighted by Crippen LogP contribution is 2.36. The van der Waals surface area contributed by atoms with E-state index in [1.807, 2.05) is 6.07 Å². The van der Waals surface area contributed by atoms with Crippen molar-refractivity contribution in [3.8, 4) is 5.75 Å². The van der Waals surface area contributed by atoms with Gasteiger partial charge in [-0.25, -0.2) is 0 Å². The van der Waals surface area contributed by atoms with E-state index in [-0.39, 0.29) is 0 Å². The minimum Gasteiger partial charge on any atom is -0.481 e. The summed E-state index contributed by atoms with van der Waals surface area (Å²) in [6.45, 7) is 0. The fourth-order valence-electron chi connectivity index (χ4n) is 1.32. The third-order valence-corrected chi connectivity index (χ3v) is 2.87. The molecule has 2 nitrogen and oxygen atoms in total. The van der Waals surface area contributed by atoms with E-state index in [0.717, 1.165) is 18.5 Å². The largest absolute Gasteiger partial charge is 0.481 e. The second-order valence-electron chi connectivity index (χ2n) is 2.89. The van der Waals surface area contributed by atoms with Crippen LogP contribution in [-0.2, 0) is 11.2 Å². The van der Waals surface area contributed by atoms with Gasteiger partial charge in [0.25, 0.3) is 0 Å². The second kappa shape index (κ2) is 3.83. The van der Waals surface area contributed by atoms with Gasteiger partial charge >= 0.3 is 0 Å². The molecule has 68 valence electrons. The van der Waals surface area contributed by atoms with Gasteiger partial charge in [0.2, 0.25) is 0 Å². The van der Waals surface area contributed by atoms with Crippen LogP contribution in [0, 0.1) is 0 Å². The molecule has 13 heavy (non-hydrogen) atoms. The van der Waals surface area contributed by atoms with Gasteiger partial charge in [0.05, 0.1) is 4.90 Å². The molecule has 0 fully saturated rings. The maximum atomic E-state index is 10.2. The number of rotatable bonds is 3. The van der Waals surface area contributed by atoms with Crippen LogP contribution in [0.4, 0.5) is 0 Å². The SMILES string of the molecule is O=CCCc1ccc2c(c1)OCS2. The third-order valence-electron chi connectivity index (χ3n) is 1.99. The molecule has 1 aliphatic rings. The molecule has 0 bridgehead atoms. The predicted molar refractivity (Wildman–Crippen MR) is 52.2 cm³/mol. The first-order valence-electron chi connectivity index (χ1n) is 4.22. The van der Waals surface area contributed by atoms with Crippen molar-refractivity contribution in [3.63, 3.8) is 0 Å². The number of thioether (sulfide) groups is 1. The fraction of sp³-hybridized carbons (Fsp3) is 0.300. The standard InChI is InChI=1S/C10H10O2S/c11-5-1-2-8-3-4-10-9(6-8)12-7-13-10/h3-6H,1-2,7H2. The summed E-state index contributed by atoms with van der Waals surface area (Å²) in [4.78, 5) is 11.4. The van der Waals surface area contributed by atoms with Crippen LogP contribution < -0.4 is 4.74 Å². The quantitative estimate of drug-likeness (QED) is 0.690. The van der Waals surface area contributed by atoms with Crippen LogP contribution in [0.1, 0.15) is 12.0 Å². The average Bonchev–Trinajstić information content (AvgIpc) is 2.61. The van der Waals surface area contributed by atoms with E-state index in [1.165, 1.54) is 10.5 Å². The van der Waals surface area contributed by atoms with Crippen LogP contribution >= 0.6 is 11.8 Å². The lowest BCUT2D eigenvalue weighted by atomic mass is 10.1. The Kier molecular flexibility index (Phi) is 2.54. The molecule has 0 unspecified atom stereocenters. The topological polar surface area (TPSA) is 26.3 Å². The zero-order valence-corrected chi connectivity index (χ0v) is 7.97. The number of carbonyl (C=O) groups is 1. The minimum absolute atomic E-state index is 0.589. The van der Waals surface area contributed by atoms with Gasteiger partial charge in [-0.05, 0) is 24.1 Å². The van der Waals surface area contributed by atoms with Crippen LogP contribution in [0.2, 0.25) is 0 Å². The normalized spacial score (nSPS) is 13.5. The Hall–Kier alpha value is -0.960. The number of benzene rings is 1. The third kappa shape index (κ3) is 1.86. The van der Waals surface area contributed by atoms with Crippen molar-refractivity contribution in [1.82, 2.24) is 0 Å². The van der Waals surface area contributed by atoms with Gasteiger partial charge in [0.15, 0.2) is 0 Å². The average molecular weight is 194 g/mol. The van der Waals surface area contributed by atoms with Crippen LogP contribution in [-0.4, -0.2) is 12.2 Å². The molecule has 3 heteroatoms. The molecule has 1 aromatic carbocycles. The minimum atomic E-state index is 0.589. The lowest BCUT2D eigenvalue weighted by Gasteiger charge is -2.00. The molecule has 0 spiro atoms. The van der Waals surface area contributed by atoms with Crippen LogP contribution in [0.3, 0.4) is 0 Å². The zero-order valence-electron chi connectivity index (χ0n) is 7.16. The molecule has 2 rings (SSSR count). The number of carbonyl (C=O) groups excluding carboxylic acids is 1. The van der Waals surface area contributed by atoms with Crippen LogP contribution in [0.15, 0.2) is 23.1 Å². The molecular formula is C10H10O2S.